The zero-order valence-corrected chi connectivity index (χ0v) is 17.4. The normalized spacial score (nSPS) is 31.3. The third-order valence-electron chi connectivity index (χ3n) is 7.58. The Bertz CT molecular complexity index is 659. The van der Waals surface area contributed by atoms with Crippen LogP contribution in [0.5, 0.6) is 0 Å². The average molecular weight is 370 g/mol. The highest BCUT2D eigenvalue weighted by atomic mass is 16.1. The van der Waals surface area contributed by atoms with Crippen LogP contribution in [-0.4, -0.2) is 28.8 Å². The first-order valence-electron chi connectivity index (χ1n) is 11.0. The van der Waals surface area contributed by atoms with Gasteiger partial charge in [0, 0.05) is 37.3 Å². The number of Topliss-reactive ketones (excluding diaryl/α,β-unsaturated/α-hetero) is 1. The quantitative estimate of drug-likeness (QED) is 0.744. The van der Waals surface area contributed by atoms with Crippen molar-refractivity contribution in [3.63, 3.8) is 0 Å². The van der Waals surface area contributed by atoms with Crippen molar-refractivity contribution in [1.29, 1.82) is 0 Å². The Labute approximate surface area is 164 Å². The van der Waals surface area contributed by atoms with Crippen LogP contribution < -0.4 is 4.90 Å². The molecule has 1 aromatic rings. The number of anilines is 1. The minimum absolute atomic E-state index is 0.190. The van der Waals surface area contributed by atoms with Crippen LogP contribution in [0.25, 0.3) is 0 Å². The number of nitrogens with zero attached hydrogens (tertiary/aromatic N) is 3. The summed E-state index contributed by atoms with van der Waals surface area (Å²) in [4.78, 5) is 23.9. The second kappa shape index (κ2) is 7.18. The van der Waals surface area contributed by atoms with Crippen LogP contribution in [0.2, 0.25) is 0 Å². The van der Waals surface area contributed by atoms with E-state index < -0.39 is 0 Å². The summed E-state index contributed by atoms with van der Waals surface area (Å²) >= 11 is 0. The molecule has 2 aliphatic carbocycles. The first-order chi connectivity index (χ1) is 12.9. The maximum absolute atomic E-state index is 12.1. The third kappa shape index (κ3) is 3.64. The molecule has 1 saturated heterocycles. The molecule has 4 heteroatoms. The van der Waals surface area contributed by atoms with Crippen molar-refractivity contribution in [1.82, 2.24) is 9.97 Å². The molecule has 3 fully saturated rings. The van der Waals surface area contributed by atoms with Gasteiger partial charge in [0.15, 0.2) is 0 Å². The summed E-state index contributed by atoms with van der Waals surface area (Å²) in [7, 11) is 0. The highest BCUT2D eigenvalue weighted by Gasteiger charge is 2.54. The molecule has 148 valence electrons. The van der Waals surface area contributed by atoms with Gasteiger partial charge in [-0.3, -0.25) is 4.79 Å². The lowest BCUT2D eigenvalue weighted by Crippen LogP contribution is -2.49. The largest absolute Gasteiger partial charge is 0.341 e. The number of carbonyl (C=O) groups excluding carboxylic acids is 1. The molecule has 3 aliphatic rings. The topological polar surface area (TPSA) is 46.1 Å². The van der Waals surface area contributed by atoms with E-state index in [4.69, 9.17) is 9.97 Å². The second-order valence-electron chi connectivity index (χ2n) is 10.2. The fraction of sp³-hybridized carbons (Fsp3) is 0.783. The molecule has 27 heavy (non-hydrogen) atoms. The zero-order valence-electron chi connectivity index (χ0n) is 17.4. The number of ketones is 1. The molecule has 2 saturated carbocycles. The Morgan fingerprint density at radius 3 is 2.15 bits per heavy atom. The fourth-order valence-corrected chi connectivity index (χ4v) is 5.68. The van der Waals surface area contributed by atoms with Gasteiger partial charge < -0.3 is 4.90 Å². The minimum Gasteiger partial charge on any atom is -0.341 e. The molecule has 1 spiro atoms. The predicted octanol–water partition coefficient (Wildman–Crippen LogP) is 4.85. The van der Waals surface area contributed by atoms with Crippen molar-refractivity contribution in [3.05, 3.63) is 18.0 Å². The number of rotatable bonds is 5. The molecule has 4 nitrogen and oxygen atoms in total. The van der Waals surface area contributed by atoms with Gasteiger partial charge in [0.1, 0.15) is 5.78 Å². The number of hydrogen-bond donors (Lipinski definition) is 0. The SMILES string of the molecule is CC(C)C(=O)C1CC2(C1)CC(c1cnc(N3CCC(C(C)C)CC3)nc1)C2. The van der Waals surface area contributed by atoms with Crippen molar-refractivity contribution in [2.75, 3.05) is 18.0 Å². The van der Waals surface area contributed by atoms with Gasteiger partial charge in [0.25, 0.3) is 0 Å². The summed E-state index contributed by atoms with van der Waals surface area (Å²) in [5, 5.41) is 0. The van der Waals surface area contributed by atoms with Crippen molar-refractivity contribution in [2.24, 2.45) is 29.1 Å². The smallest absolute Gasteiger partial charge is 0.225 e. The maximum atomic E-state index is 12.1. The summed E-state index contributed by atoms with van der Waals surface area (Å²) in [6.07, 6.45) is 11.3. The van der Waals surface area contributed by atoms with E-state index in [9.17, 15) is 4.79 Å². The van der Waals surface area contributed by atoms with E-state index in [-0.39, 0.29) is 5.92 Å². The second-order valence-corrected chi connectivity index (χ2v) is 10.2. The lowest BCUT2D eigenvalue weighted by molar-refractivity contribution is -0.139. The third-order valence-corrected chi connectivity index (χ3v) is 7.58. The van der Waals surface area contributed by atoms with Crippen LogP contribution in [0.15, 0.2) is 12.4 Å². The van der Waals surface area contributed by atoms with Gasteiger partial charge >= 0.3 is 0 Å². The van der Waals surface area contributed by atoms with Crippen molar-refractivity contribution in [2.45, 2.75) is 72.1 Å². The van der Waals surface area contributed by atoms with E-state index in [1.165, 1.54) is 31.2 Å². The zero-order chi connectivity index (χ0) is 19.2. The molecule has 0 unspecified atom stereocenters. The minimum atomic E-state index is 0.190. The first kappa shape index (κ1) is 18.9. The standard InChI is InChI=1S/C23H35N3O/c1-15(2)17-5-7-26(8-6-17)22-24-13-20(14-25-22)18-9-23(10-18)11-19(12-23)21(27)16(3)4/h13-19H,5-12H2,1-4H3. The summed E-state index contributed by atoms with van der Waals surface area (Å²) in [5.74, 6) is 4.12. The van der Waals surface area contributed by atoms with Gasteiger partial charge in [-0.1, -0.05) is 27.7 Å². The summed E-state index contributed by atoms with van der Waals surface area (Å²) in [5.41, 5.74) is 1.75. The molecule has 0 radical (unpaired) electrons. The average Bonchev–Trinajstić information content (AvgIpc) is 2.59. The van der Waals surface area contributed by atoms with E-state index in [1.54, 1.807) is 0 Å². The molecule has 1 aromatic heterocycles. The molecule has 4 rings (SSSR count). The number of hydrogen-bond acceptors (Lipinski definition) is 4. The molecule has 0 bridgehead atoms. The van der Waals surface area contributed by atoms with Gasteiger partial charge in [-0.05, 0) is 67.3 Å². The van der Waals surface area contributed by atoms with E-state index in [2.05, 4.69) is 31.1 Å². The Hall–Kier alpha value is -1.45. The molecular weight excluding hydrogens is 334 g/mol. The summed E-state index contributed by atoms with van der Waals surface area (Å²) < 4.78 is 0. The lowest BCUT2D eigenvalue weighted by atomic mass is 9.46. The van der Waals surface area contributed by atoms with Gasteiger partial charge in [0.2, 0.25) is 5.95 Å². The Kier molecular flexibility index (Phi) is 5.02. The van der Waals surface area contributed by atoms with Crippen LogP contribution >= 0.6 is 0 Å². The Balaban J connectivity index is 1.27. The fourth-order valence-electron chi connectivity index (χ4n) is 5.68. The van der Waals surface area contributed by atoms with Crippen LogP contribution in [0, 0.1) is 29.1 Å². The van der Waals surface area contributed by atoms with Gasteiger partial charge in [-0.15, -0.1) is 0 Å². The highest BCUT2D eigenvalue weighted by Crippen LogP contribution is 2.64. The maximum Gasteiger partial charge on any atom is 0.225 e. The van der Waals surface area contributed by atoms with E-state index in [1.807, 2.05) is 13.8 Å². The van der Waals surface area contributed by atoms with E-state index >= 15 is 0 Å². The van der Waals surface area contributed by atoms with Crippen LogP contribution in [0.3, 0.4) is 0 Å². The predicted molar refractivity (Wildman–Crippen MR) is 109 cm³/mol. The molecule has 1 aliphatic heterocycles. The van der Waals surface area contributed by atoms with E-state index in [0.29, 0.717) is 23.0 Å². The highest BCUT2D eigenvalue weighted by molar-refractivity contribution is 5.83. The molecular formula is C23H35N3O. The van der Waals surface area contributed by atoms with E-state index in [0.717, 1.165) is 43.7 Å². The van der Waals surface area contributed by atoms with Crippen molar-refractivity contribution >= 4 is 11.7 Å². The Morgan fingerprint density at radius 2 is 1.63 bits per heavy atom. The summed E-state index contributed by atoms with van der Waals surface area (Å²) in [6, 6.07) is 0. The molecule has 0 atom stereocenters. The van der Waals surface area contributed by atoms with Gasteiger partial charge in [0.05, 0.1) is 0 Å². The lowest BCUT2D eigenvalue weighted by Gasteiger charge is -2.57. The molecule has 0 N–H and O–H groups in total. The van der Waals surface area contributed by atoms with Crippen molar-refractivity contribution in [3.8, 4) is 0 Å². The molecule has 0 amide bonds. The number of aromatic nitrogens is 2. The monoisotopic (exact) mass is 369 g/mol. The molecule has 2 heterocycles. The van der Waals surface area contributed by atoms with Crippen LogP contribution in [-0.2, 0) is 4.79 Å². The molecule has 0 aromatic carbocycles. The number of piperidine rings is 1. The number of carbonyl (C=O) groups is 1. The first-order valence-corrected chi connectivity index (χ1v) is 11.0. The summed E-state index contributed by atoms with van der Waals surface area (Å²) in [6.45, 7) is 10.9. The van der Waals surface area contributed by atoms with Crippen LogP contribution in [0.1, 0.15) is 77.7 Å². The Morgan fingerprint density at radius 1 is 1.04 bits per heavy atom. The van der Waals surface area contributed by atoms with Gasteiger partial charge in [-0.2, -0.15) is 0 Å². The van der Waals surface area contributed by atoms with Crippen LogP contribution in [0.4, 0.5) is 5.95 Å². The van der Waals surface area contributed by atoms with Gasteiger partial charge in [-0.25, -0.2) is 9.97 Å². The van der Waals surface area contributed by atoms with Crippen molar-refractivity contribution < 1.29 is 4.79 Å².